The fraction of sp³-hybridized carbons (Fsp3) is 0.586. The number of carbonyl (C=O) groups excluding carboxylic acids is 1. The van der Waals surface area contributed by atoms with Gasteiger partial charge in [-0.1, -0.05) is 71.6 Å². The number of esters is 1. The Morgan fingerprint density at radius 3 is 2.18 bits per heavy atom. The maximum Gasteiger partial charge on any atom is 0.343 e. The standard InChI is InChI=1S/C29H41NO3/c1-3-5-6-7-8-23-9-11-24(12-10-23)13-16-26-17-20-28(22-30-26)33-29(31)25-14-18-27(19-15-25)32-21-4-2/h14-15,17-20,22-24H,3-13,16,21H2,1-2H3/t23-,24-. The number of ether oxygens (including phenoxy) is 2. The summed E-state index contributed by atoms with van der Waals surface area (Å²) >= 11 is 0. The van der Waals surface area contributed by atoms with E-state index < -0.39 is 0 Å². The largest absolute Gasteiger partial charge is 0.494 e. The van der Waals surface area contributed by atoms with Gasteiger partial charge in [0.1, 0.15) is 11.5 Å². The number of hydrogen-bond donors (Lipinski definition) is 0. The van der Waals surface area contributed by atoms with Crippen LogP contribution in [0.5, 0.6) is 11.5 Å². The maximum absolute atomic E-state index is 12.4. The van der Waals surface area contributed by atoms with Crippen LogP contribution < -0.4 is 9.47 Å². The van der Waals surface area contributed by atoms with E-state index in [4.69, 9.17) is 9.47 Å². The Labute approximate surface area is 200 Å². The summed E-state index contributed by atoms with van der Waals surface area (Å²) in [6.07, 6.45) is 17.4. The predicted molar refractivity (Wildman–Crippen MR) is 134 cm³/mol. The molecular formula is C29H41NO3. The fourth-order valence-corrected chi connectivity index (χ4v) is 4.71. The minimum Gasteiger partial charge on any atom is -0.494 e. The van der Waals surface area contributed by atoms with Crippen LogP contribution in [0.15, 0.2) is 42.6 Å². The molecule has 0 saturated heterocycles. The molecule has 0 bridgehead atoms. The zero-order chi connectivity index (χ0) is 23.3. The van der Waals surface area contributed by atoms with Gasteiger partial charge < -0.3 is 9.47 Å². The minimum atomic E-state index is -0.377. The van der Waals surface area contributed by atoms with Gasteiger partial charge in [0.15, 0.2) is 0 Å². The van der Waals surface area contributed by atoms with Gasteiger partial charge in [0.2, 0.25) is 0 Å². The van der Waals surface area contributed by atoms with Crippen molar-refractivity contribution in [2.75, 3.05) is 6.61 Å². The molecule has 4 nitrogen and oxygen atoms in total. The highest BCUT2D eigenvalue weighted by molar-refractivity contribution is 5.91. The first-order chi connectivity index (χ1) is 16.2. The molecule has 2 aromatic rings. The summed E-state index contributed by atoms with van der Waals surface area (Å²) in [5.74, 6) is 2.67. The van der Waals surface area contributed by atoms with Gasteiger partial charge in [-0.2, -0.15) is 0 Å². The van der Waals surface area contributed by atoms with Crippen LogP contribution >= 0.6 is 0 Å². The quantitative estimate of drug-likeness (QED) is 0.230. The number of aryl methyl sites for hydroxylation is 1. The molecule has 1 aliphatic rings. The van der Waals surface area contributed by atoms with Gasteiger partial charge in [-0.05, 0) is 67.5 Å². The summed E-state index contributed by atoms with van der Waals surface area (Å²) in [4.78, 5) is 16.9. The molecule has 0 radical (unpaired) electrons. The van der Waals surface area contributed by atoms with Crippen molar-refractivity contribution in [2.45, 2.75) is 90.9 Å². The molecule has 1 aromatic carbocycles. The molecule has 0 atom stereocenters. The first-order valence-electron chi connectivity index (χ1n) is 13.1. The Bertz CT molecular complexity index is 808. The third kappa shape index (κ3) is 8.83. The second-order valence-corrected chi connectivity index (χ2v) is 9.52. The van der Waals surface area contributed by atoms with E-state index in [1.54, 1.807) is 30.5 Å². The summed E-state index contributed by atoms with van der Waals surface area (Å²) < 4.78 is 11.0. The van der Waals surface area contributed by atoms with Crippen LogP contribution in [0.4, 0.5) is 0 Å². The summed E-state index contributed by atoms with van der Waals surface area (Å²) in [6, 6.07) is 10.9. The molecule has 0 aliphatic heterocycles. The molecule has 1 aromatic heterocycles. The number of carbonyl (C=O) groups is 1. The van der Waals surface area contributed by atoms with E-state index in [9.17, 15) is 4.79 Å². The number of aromatic nitrogens is 1. The Kier molecular flexibility index (Phi) is 10.7. The predicted octanol–water partition coefficient (Wildman–Crippen LogP) is 7.80. The second kappa shape index (κ2) is 14.0. The van der Waals surface area contributed by atoms with Gasteiger partial charge in [-0.15, -0.1) is 0 Å². The van der Waals surface area contributed by atoms with Gasteiger partial charge in [0.25, 0.3) is 0 Å². The van der Waals surface area contributed by atoms with E-state index in [2.05, 4.69) is 18.8 Å². The smallest absolute Gasteiger partial charge is 0.343 e. The SMILES string of the molecule is CCCCCC[C@H]1CC[C@H](CCc2ccc(OC(=O)c3ccc(OCCC)cc3)cn2)CC1. The highest BCUT2D eigenvalue weighted by atomic mass is 16.5. The van der Waals surface area contributed by atoms with Crippen LogP contribution in [0, 0.1) is 11.8 Å². The summed E-state index contributed by atoms with van der Waals surface area (Å²) in [6.45, 7) is 5.01. The summed E-state index contributed by atoms with van der Waals surface area (Å²) in [5, 5.41) is 0. The van der Waals surface area contributed by atoms with E-state index in [0.717, 1.165) is 36.1 Å². The second-order valence-electron chi connectivity index (χ2n) is 9.52. The van der Waals surface area contributed by atoms with E-state index in [-0.39, 0.29) is 5.97 Å². The van der Waals surface area contributed by atoms with Crippen LogP contribution in [0.25, 0.3) is 0 Å². The van der Waals surface area contributed by atoms with Gasteiger partial charge in [0.05, 0.1) is 18.4 Å². The van der Waals surface area contributed by atoms with E-state index in [1.165, 1.54) is 64.2 Å². The lowest BCUT2D eigenvalue weighted by Gasteiger charge is -2.28. The third-order valence-corrected chi connectivity index (χ3v) is 6.81. The van der Waals surface area contributed by atoms with Gasteiger partial charge >= 0.3 is 5.97 Å². The molecular weight excluding hydrogens is 410 g/mol. The Balaban J connectivity index is 1.37. The summed E-state index contributed by atoms with van der Waals surface area (Å²) in [5.41, 5.74) is 1.58. The third-order valence-electron chi connectivity index (χ3n) is 6.81. The van der Waals surface area contributed by atoms with E-state index in [0.29, 0.717) is 17.9 Å². The number of nitrogens with zero attached hydrogens (tertiary/aromatic N) is 1. The zero-order valence-corrected chi connectivity index (χ0v) is 20.6. The normalized spacial score (nSPS) is 18.1. The maximum atomic E-state index is 12.4. The first kappa shape index (κ1) is 25.3. The number of benzene rings is 1. The molecule has 180 valence electrons. The molecule has 0 spiro atoms. The molecule has 0 amide bonds. The fourth-order valence-electron chi connectivity index (χ4n) is 4.71. The molecule has 1 aliphatic carbocycles. The lowest BCUT2D eigenvalue weighted by Crippen LogP contribution is -2.15. The molecule has 33 heavy (non-hydrogen) atoms. The van der Waals surface area contributed by atoms with Crippen molar-refractivity contribution in [1.82, 2.24) is 4.98 Å². The Morgan fingerprint density at radius 2 is 1.55 bits per heavy atom. The van der Waals surface area contributed by atoms with Gasteiger partial charge in [0, 0.05) is 5.69 Å². The average Bonchev–Trinajstić information content (AvgIpc) is 2.86. The number of unbranched alkanes of at least 4 members (excludes halogenated alkanes) is 3. The van der Waals surface area contributed by atoms with Crippen molar-refractivity contribution in [3.05, 3.63) is 53.9 Å². The topological polar surface area (TPSA) is 48.4 Å². The number of pyridine rings is 1. The van der Waals surface area contributed by atoms with Crippen molar-refractivity contribution < 1.29 is 14.3 Å². The first-order valence-corrected chi connectivity index (χ1v) is 13.1. The van der Waals surface area contributed by atoms with E-state index in [1.807, 2.05) is 12.1 Å². The average molecular weight is 452 g/mol. The van der Waals surface area contributed by atoms with Crippen LogP contribution in [0.3, 0.4) is 0 Å². The zero-order valence-electron chi connectivity index (χ0n) is 20.6. The molecule has 1 heterocycles. The highest BCUT2D eigenvalue weighted by Gasteiger charge is 2.20. The van der Waals surface area contributed by atoms with Crippen LogP contribution in [-0.2, 0) is 6.42 Å². The van der Waals surface area contributed by atoms with Gasteiger partial charge in [-0.3, -0.25) is 4.98 Å². The van der Waals surface area contributed by atoms with E-state index >= 15 is 0 Å². The molecule has 1 fully saturated rings. The van der Waals surface area contributed by atoms with Crippen molar-refractivity contribution >= 4 is 5.97 Å². The Hall–Kier alpha value is -2.36. The van der Waals surface area contributed by atoms with Crippen LogP contribution in [-0.4, -0.2) is 17.6 Å². The summed E-state index contributed by atoms with van der Waals surface area (Å²) in [7, 11) is 0. The molecule has 0 unspecified atom stereocenters. The van der Waals surface area contributed by atoms with Gasteiger partial charge in [-0.25, -0.2) is 4.79 Å². The Morgan fingerprint density at radius 1 is 0.848 bits per heavy atom. The molecule has 0 N–H and O–H groups in total. The molecule has 3 rings (SSSR count). The monoisotopic (exact) mass is 451 g/mol. The van der Waals surface area contributed by atoms with Crippen LogP contribution in [0.1, 0.15) is 101 Å². The van der Waals surface area contributed by atoms with Crippen molar-refractivity contribution in [2.24, 2.45) is 11.8 Å². The lowest BCUT2D eigenvalue weighted by atomic mass is 9.78. The lowest BCUT2D eigenvalue weighted by molar-refractivity contribution is 0.0734. The van der Waals surface area contributed by atoms with Crippen molar-refractivity contribution in [3.63, 3.8) is 0 Å². The number of hydrogen-bond acceptors (Lipinski definition) is 4. The minimum absolute atomic E-state index is 0.377. The van der Waals surface area contributed by atoms with Crippen molar-refractivity contribution in [3.8, 4) is 11.5 Å². The highest BCUT2D eigenvalue weighted by Crippen LogP contribution is 2.34. The molecule has 1 saturated carbocycles. The number of rotatable bonds is 13. The molecule has 4 heteroatoms. The van der Waals surface area contributed by atoms with Crippen molar-refractivity contribution in [1.29, 1.82) is 0 Å². The van der Waals surface area contributed by atoms with Crippen LogP contribution in [0.2, 0.25) is 0 Å².